The summed E-state index contributed by atoms with van der Waals surface area (Å²) in [5.74, 6) is 0. The molecule has 1 aliphatic rings. The van der Waals surface area contributed by atoms with Gasteiger partial charge in [-0.2, -0.15) is 0 Å². The lowest BCUT2D eigenvalue weighted by molar-refractivity contribution is 0.661. The molecule has 0 radical (unpaired) electrons. The maximum absolute atomic E-state index is 4.43. The molecule has 0 N–H and O–H groups in total. The average Bonchev–Trinajstić information content (AvgIpc) is 3.16. The second kappa shape index (κ2) is 6.29. The zero-order valence-electron chi connectivity index (χ0n) is 16.6. The molecule has 0 saturated carbocycles. The molecule has 0 amide bonds. The number of hydrogen-bond acceptors (Lipinski definition) is 1. The zero-order chi connectivity index (χ0) is 20.6. The number of fused-ring (bicyclic) bond motifs is 6. The number of nitrogens with zero attached hydrogens (tertiary/aromatic N) is 2. The van der Waals surface area contributed by atoms with Crippen LogP contribution in [0.5, 0.6) is 0 Å². The van der Waals surface area contributed by atoms with Crippen molar-refractivity contribution in [3.8, 4) is 16.8 Å². The van der Waals surface area contributed by atoms with E-state index in [1.807, 2.05) is 0 Å². The summed E-state index contributed by atoms with van der Waals surface area (Å²) in [7, 11) is 0. The number of hydrogen-bond donors (Lipinski definition) is 0. The number of para-hydroxylation sites is 1. The summed E-state index contributed by atoms with van der Waals surface area (Å²) >= 11 is 7.12. The van der Waals surface area contributed by atoms with Gasteiger partial charge < -0.3 is 4.57 Å². The predicted octanol–water partition coefficient (Wildman–Crippen LogP) is 8.01. The van der Waals surface area contributed by atoms with Crippen LogP contribution in [0.1, 0.15) is 25.0 Å². The molecule has 0 fully saturated rings. The second-order valence-electron chi connectivity index (χ2n) is 8.41. The fourth-order valence-electron chi connectivity index (χ4n) is 5.02. The second-order valence-corrected chi connectivity index (χ2v) is 10.0. The zero-order valence-corrected chi connectivity index (χ0v) is 19.8. The van der Waals surface area contributed by atoms with Gasteiger partial charge in [0.15, 0.2) is 0 Å². The van der Waals surface area contributed by atoms with Crippen molar-refractivity contribution in [2.24, 2.45) is 0 Å². The number of benzene rings is 3. The third-order valence-corrected chi connectivity index (χ3v) is 7.19. The summed E-state index contributed by atoms with van der Waals surface area (Å²) < 4.78 is 3.96. The third-order valence-electron chi connectivity index (χ3n) is 6.38. The molecule has 4 heteroatoms. The molecule has 0 aliphatic heterocycles. The van der Waals surface area contributed by atoms with Gasteiger partial charge in [-0.1, -0.05) is 56.3 Å². The Bertz CT molecular complexity index is 1470. The monoisotopic (exact) mass is 516 g/mol. The van der Waals surface area contributed by atoms with E-state index in [0.717, 1.165) is 14.9 Å². The molecule has 6 rings (SSSR count). The van der Waals surface area contributed by atoms with Gasteiger partial charge in [0.25, 0.3) is 0 Å². The molecular weight excluding hydrogens is 500 g/mol. The van der Waals surface area contributed by atoms with Crippen molar-refractivity contribution in [1.29, 1.82) is 0 Å². The minimum absolute atomic E-state index is 0.00789. The molecule has 30 heavy (non-hydrogen) atoms. The van der Waals surface area contributed by atoms with E-state index in [9.17, 15) is 0 Å². The Kier molecular flexibility index (Phi) is 3.84. The number of aromatic nitrogens is 2. The van der Waals surface area contributed by atoms with Gasteiger partial charge in [0.05, 0.1) is 16.7 Å². The van der Waals surface area contributed by atoms with Gasteiger partial charge in [0.2, 0.25) is 0 Å². The summed E-state index contributed by atoms with van der Waals surface area (Å²) in [4.78, 5) is 4.43. The van der Waals surface area contributed by atoms with E-state index in [4.69, 9.17) is 0 Å². The normalized spacial score (nSPS) is 14.3. The summed E-state index contributed by atoms with van der Waals surface area (Å²) in [5.41, 5.74) is 8.97. The van der Waals surface area contributed by atoms with Crippen molar-refractivity contribution >= 4 is 53.7 Å². The Labute approximate surface area is 191 Å². The van der Waals surface area contributed by atoms with E-state index >= 15 is 0 Å². The lowest BCUT2D eigenvalue weighted by Gasteiger charge is -2.21. The van der Waals surface area contributed by atoms with Gasteiger partial charge in [-0.05, 0) is 84.4 Å². The van der Waals surface area contributed by atoms with E-state index < -0.39 is 0 Å². The fourth-order valence-corrected chi connectivity index (χ4v) is 6.11. The molecule has 3 aromatic carbocycles. The van der Waals surface area contributed by atoms with Crippen molar-refractivity contribution in [3.05, 3.63) is 93.1 Å². The van der Waals surface area contributed by atoms with Crippen molar-refractivity contribution in [2.45, 2.75) is 19.3 Å². The van der Waals surface area contributed by atoms with Gasteiger partial charge in [0.1, 0.15) is 9.21 Å². The van der Waals surface area contributed by atoms with Crippen LogP contribution in [0.15, 0.2) is 82.0 Å². The van der Waals surface area contributed by atoms with Crippen molar-refractivity contribution in [2.75, 3.05) is 0 Å². The highest BCUT2D eigenvalue weighted by Gasteiger charge is 2.36. The molecule has 0 saturated heterocycles. The van der Waals surface area contributed by atoms with E-state index in [1.165, 1.54) is 44.1 Å². The largest absolute Gasteiger partial charge is 0.309 e. The first-order chi connectivity index (χ1) is 14.4. The van der Waals surface area contributed by atoms with Crippen LogP contribution in [0.2, 0.25) is 0 Å². The molecule has 2 heterocycles. The Hall–Kier alpha value is -2.43. The Balaban J connectivity index is 1.78. The maximum atomic E-state index is 4.43. The van der Waals surface area contributed by atoms with Crippen LogP contribution >= 0.6 is 31.9 Å². The van der Waals surface area contributed by atoms with Crippen LogP contribution in [-0.4, -0.2) is 9.55 Å². The van der Waals surface area contributed by atoms with Crippen LogP contribution in [0.25, 0.3) is 38.6 Å². The Morgan fingerprint density at radius 2 is 1.40 bits per heavy atom. The highest BCUT2D eigenvalue weighted by molar-refractivity contribution is 9.11. The van der Waals surface area contributed by atoms with Gasteiger partial charge in [-0.3, -0.25) is 0 Å². The maximum Gasteiger partial charge on any atom is 0.109 e. The molecule has 0 atom stereocenters. The molecule has 0 bridgehead atoms. The molecule has 1 aliphatic carbocycles. The average molecular weight is 518 g/mol. The lowest BCUT2D eigenvalue weighted by atomic mass is 9.82. The predicted molar refractivity (Wildman–Crippen MR) is 132 cm³/mol. The fraction of sp³-hybridized carbons (Fsp3) is 0.115. The standard InChI is InChI=1S/C26H18Br2N2/c1-26(2)20-9-5-3-7-16(20)18-14-23-19(13-21(18)26)17-8-4-6-10-22(17)30(23)15-11-24(27)29-25(28)12-15/h3-14H,1-2H3. The van der Waals surface area contributed by atoms with Crippen LogP contribution in [0.3, 0.4) is 0 Å². The molecule has 5 aromatic rings. The third kappa shape index (κ3) is 2.44. The summed E-state index contributed by atoms with van der Waals surface area (Å²) in [6, 6.07) is 26.4. The molecular formula is C26H18Br2N2. The lowest BCUT2D eigenvalue weighted by Crippen LogP contribution is -2.14. The minimum Gasteiger partial charge on any atom is -0.309 e. The summed E-state index contributed by atoms with van der Waals surface area (Å²) in [6.07, 6.45) is 0. The molecule has 146 valence electrons. The highest BCUT2D eigenvalue weighted by Crippen LogP contribution is 2.50. The Morgan fingerprint density at radius 3 is 2.20 bits per heavy atom. The molecule has 2 aromatic heterocycles. The van der Waals surface area contributed by atoms with Crippen LogP contribution in [0, 0.1) is 0 Å². The number of rotatable bonds is 1. The minimum atomic E-state index is -0.00789. The number of pyridine rings is 1. The van der Waals surface area contributed by atoms with Crippen LogP contribution in [0.4, 0.5) is 0 Å². The number of halogens is 2. The quantitative estimate of drug-likeness (QED) is 0.206. The first kappa shape index (κ1) is 18.3. The van der Waals surface area contributed by atoms with Gasteiger partial charge >= 0.3 is 0 Å². The van der Waals surface area contributed by atoms with E-state index in [-0.39, 0.29) is 5.41 Å². The van der Waals surface area contributed by atoms with Crippen LogP contribution < -0.4 is 0 Å². The van der Waals surface area contributed by atoms with Gasteiger partial charge in [-0.25, -0.2) is 4.98 Å². The molecule has 0 spiro atoms. The van der Waals surface area contributed by atoms with Crippen molar-refractivity contribution in [1.82, 2.24) is 9.55 Å². The van der Waals surface area contributed by atoms with Crippen molar-refractivity contribution in [3.63, 3.8) is 0 Å². The first-order valence-corrected chi connectivity index (χ1v) is 11.5. The van der Waals surface area contributed by atoms with E-state index in [1.54, 1.807) is 0 Å². The summed E-state index contributed by atoms with van der Waals surface area (Å²) in [5, 5.41) is 2.56. The highest BCUT2D eigenvalue weighted by atomic mass is 79.9. The molecule has 2 nitrogen and oxygen atoms in total. The SMILES string of the molecule is CC1(C)c2ccccc2-c2cc3c(cc21)c1ccccc1n3-c1cc(Br)nc(Br)c1. The Morgan fingerprint density at radius 1 is 0.700 bits per heavy atom. The van der Waals surface area contributed by atoms with Crippen LogP contribution in [-0.2, 0) is 5.41 Å². The molecule has 0 unspecified atom stereocenters. The van der Waals surface area contributed by atoms with Gasteiger partial charge in [0, 0.05) is 16.2 Å². The smallest absolute Gasteiger partial charge is 0.109 e. The first-order valence-electron chi connectivity index (χ1n) is 9.96. The topological polar surface area (TPSA) is 17.8 Å². The van der Waals surface area contributed by atoms with Crippen molar-refractivity contribution < 1.29 is 0 Å². The van der Waals surface area contributed by atoms with Gasteiger partial charge in [-0.15, -0.1) is 0 Å². The van der Waals surface area contributed by atoms with E-state index in [0.29, 0.717) is 0 Å². The van der Waals surface area contributed by atoms with E-state index in [2.05, 4.69) is 128 Å². The summed E-state index contributed by atoms with van der Waals surface area (Å²) in [6.45, 7) is 4.67.